The van der Waals surface area contributed by atoms with Crippen LogP contribution in [0.4, 0.5) is 10.5 Å². The molecule has 0 radical (unpaired) electrons. The van der Waals surface area contributed by atoms with Crippen molar-refractivity contribution in [3.8, 4) is 0 Å². The molecule has 1 aliphatic carbocycles. The smallest absolute Gasteiger partial charge is 0.319 e. The maximum atomic E-state index is 11.6. The zero-order chi connectivity index (χ0) is 16.1. The van der Waals surface area contributed by atoms with Crippen LogP contribution in [0.5, 0.6) is 0 Å². The molecule has 0 saturated heterocycles. The van der Waals surface area contributed by atoms with E-state index < -0.39 is 0 Å². The van der Waals surface area contributed by atoms with Gasteiger partial charge < -0.3 is 21.3 Å². The van der Waals surface area contributed by atoms with Crippen LogP contribution in [0.25, 0.3) is 0 Å². The molecule has 22 heavy (non-hydrogen) atoms. The monoisotopic (exact) mass is 303 g/mol. The Balaban J connectivity index is 1.86. The van der Waals surface area contributed by atoms with Gasteiger partial charge in [-0.3, -0.25) is 0 Å². The molecule has 6 nitrogen and oxygen atoms in total. The number of nitrogens with two attached hydrogens (primary N) is 1. The third kappa shape index (κ3) is 4.95. The molecule has 0 aliphatic heterocycles. The van der Waals surface area contributed by atoms with E-state index in [9.17, 15) is 4.79 Å². The Bertz CT molecular complexity index is 534. The molecule has 1 aromatic carbocycles. The largest absolute Gasteiger partial charge is 0.370 e. The molecule has 2 rings (SSSR count). The molecule has 2 amide bonds. The average Bonchev–Trinajstić information content (AvgIpc) is 3.29. The van der Waals surface area contributed by atoms with Crippen LogP contribution in [0.2, 0.25) is 0 Å². The average molecular weight is 303 g/mol. The number of carbonyl (C=O) groups excluding carboxylic acids is 1. The van der Waals surface area contributed by atoms with Gasteiger partial charge in [0.1, 0.15) is 0 Å². The van der Waals surface area contributed by atoms with Crippen LogP contribution < -0.4 is 16.4 Å². The zero-order valence-corrected chi connectivity index (χ0v) is 13.5. The Morgan fingerprint density at radius 3 is 2.55 bits per heavy atom. The number of benzene rings is 1. The number of urea groups is 1. The van der Waals surface area contributed by atoms with Crippen molar-refractivity contribution >= 4 is 17.7 Å². The van der Waals surface area contributed by atoms with Gasteiger partial charge in [-0.15, -0.1) is 0 Å². The van der Waals surface area contributed by atoms with Crippen molar-refractivity contribution in [3.63, 3.8) is 0 Å². The molecule has 1 fully saturated rings. The fourth-order valence-electron chi connectivity index (χ4n) is 2.06. The number of guanidine groups is 1. The maximum Gasteiger partial charge on any atom is 0.319 e. The van der Waals surface area contributed by atoms with E-state index in [2.05, 4.69) is 15.6 Å². The van der Waals surface area contributed by atoms with E-state index in [1.165, 1.54) is 12.8 Å². The number of hydrogen-bond acceptors (Lipinski definition) is 2. The molecule has 0 unspecified atom stereocenters. The highest BCUT2D eigenvalue weighted by Crippen LogP contribution is 2.24. The van der Waals surface area contributed by atoms with Crippen LogP contribution in [0, 0.1) is 0 Å². The summed E-state index contributed by atoms with van der Waals surface area (Å²) in [5.41, 5.74) is 7.77. The molecule has 6 heteroatoms. The molecule has 1 saturated carbocycles. The minimum absolute atomic E-state index is 0.111. The summed E-state index contributed by atoms with van der Waals surface area (Å²) < 4.78 is 0. The summed E-state index contributed by atoms with van der Waals surface area (Å²) in [6.07, 6.45) is 2.40. The Morgan fingerprint density at radius 1 is 1.36 bits per heavy atom. The van der Waals surface area contributed by atoms with Crippen LogP contribution in [0.3, 0.4) is 0 Å². The van der Waals surface area contributed by atoms with E-state index in [0.717, 1.165) is 11.3 Å². The number of anilines is 1. The summed E-state index contributed by atoms with van der Waals surface area (Å²) in [6, 6.07) is 8.10. The van der Waals surface area contributed by atoms with Gasteiger partial charge in [0, 0.05) is 24.8 Å². The number of hydrogen-bond donors (Lipinski definition) is 3. The molecule has 1 aliphatic rings. The molecule has 0 spiro atoms. The molecular weight excluding hydrogens is 278 g/mol. The van der Waals surface area contributed by atoms with Crippen molar-refractivity contribution in [1.82, 2.24) is 10.2 Å². The fourth-order valence-corrected chi connectivity index (χ4v) is 2.06. The van der Waals surface area contributed by atoms with E-state index in [-0.39, 0.29) is 12.1 Å². The topological polar surface area (TPSA) is 82.8 Å². The standard InChI is InChI=1S/C16H25N5O/c1-11(2)19-16(22)20-13-6-4-12(5-7-13)10-18-15(17)21(3)14-8-9-14/h4-7,11,14H,8-10H2,1-3H3,(H2,17,18)(H2,19,20,22). The third-order valence-electron chi connectivity index (χ3n) is 3.51. The number of amides is 2. The Hall–Kier alpha value is -2.24. The highest BCUT2D eigenvalue weighted by atomic mass is 16.2. The van der Waals surface area contributed by atoms with Crippen LogP contribution in [0.1, 0.15) is 32.3 Å². The Labute approximate surface area is 131 Å². The number of carbonyl (C=O) groups is 1. The number of aliphatic imine (C=N–C) groups is 1. The normalized spacial score (nSPS) is 14.8. The van der Waals surface area contributed by atoms with Gasteiger partial charge in [0.2, 0.25) is 0 Å². The molecule has 0 bridgehead atoms. The fraction of sp³-hybridized carbons (Fsp3) is 0.500. The van der Waals surface area contributed by atoms with Crippen LogP contribution >= 0.6 is 0 Å². The molecule has 4 N–H and O–H groups in total. The van der Waals surface area contributed by atoms with Crippen molar-refractivity contribution in [2.75, 3.05) is 12.4 Å². The van der Waals surface area contributed by atoms with Gasteiger partial charge in [-0.05, 0) is 44.4 Å². The molecule has 1 aromatic rings. The van der Waals surface area contributed by atoms with Crippen LogP contribution in [-0.4, -0.2) is 36.0 Å². The number of nitrogens with zero attached hydrogens (tertiary/aromatic N) is 2. The lowest BCUT2D eigenvalue weighted by Crippen LogP contribution is -2.35. The van der Waals surface area contributed by atoms with E-state index in [1.54, 1.807) is 0 Å². The van der Waals surface area contributed by atoms with E-state index in [0.29, 0.717) is 18.5 Å². The van der Waals surface area contributed by atoms with E-state index in [1.807, 2.05) is 50.1 Å². The molecule has 0 aromatic heterocycles. The van der Waals surface area contributed by atoms with Crippen molar-refractivity contribution in [1.29, 1.82) is 0 Å². The van der Waals surface area contributed by atoms with Gasteiger partial charge >= 0.3 is 6.03 Å². The van der Waals surface area contributed by atoms with Gasteiger partial charge in [-0.25, -0.2) is 9.79 Å². The third-order valence-corrected chi connectivity index (χ3v) is 3.51. The SMILES string of the molecule is CC(C)NC(=O)Nc1ccc(CN=C(N)N(C)C2CC2)cc1. The van der Waals surface area contributed by atoms with E-state index >= 15 is 0 Å². The first kappa shape index (κ1) is 16.1. The van der Waals surface area contributed by atoms with Crippen LogP contribution in [-0.2, 0) is 6.54 Å². The van der Waals surface area contributed by atoms with E-state index in [4.69, 9.17) is 5.73 Å². The summed E-state index contributed by atoms with van der Waals surface area (Å²) in [4.78, 5) is 18.0. The van der Waals surface area contributed by atoms with Crippen molar-refractivity contribution in [3.05, 3.63) is 29.8 Å². The minimum atomic E-state index is -0.198. The predicted molar refractivity (Wildman–Crippen MR) is 89.8 cm³/mol. The molecule has 120 valence electrons. The van der Waals surface area contributed by atoms with Gasteiger partial charge in [0.25, 0.3) is 0 Å². The summed E-state index contributed by atoms with van der Waals surface area (Å²) in [5.74, 6) is 0.584. The number of rotatable bonds is 5. The van der Waals surface area contributed by atoms with Crippen molar-refractivity contribution in [2.45, 2.75) is 45.3 Å². The van der Waals surface area contributed by atoms with Gasteiger partial charge in [0.05, 0.1) is 6.54 Å². The van der Waals surface area contributed by atoms with Gasteiger partial charge in [0.15, 0.2) is 5.96 Å². The highest BCUT2D eigenvalue weighted by molar-refractivity contribution is 5.89. The zero-order valence-electron chi connectivity index (χ0n) is 13.5. The quantitative estimate of drug-likeness (QED) is 0.575. The first-order valence-electron chi connectivity index (χ1n) is 7.65. The Morgan fingerprint density at radius 2 is 2.00 bits per heavy atom. The summed E-state index contributed by atoms with van der Waals surface area (Å²) >= 11 is 0. The summed E-state index contributed by atoms with van der Waals surface area (Å²) in [7, 11) is 1.98. The lowest BCUT2D eigenvalue weighted by Gasteiger charge is -2.16. The second kappa shape index (κ2) is 7.15. The second-order valence-electron chi connectivity index (χ2n) is 5.97. The molecule has 0 atom stereocenters. The van der Waals surface area contributed by atoms with Gasteiger partial charge in [-0.2, -0.15) is 0 Å². The minimum Gasteiger partial charge on any atom is -0.370 e. The second-order valence-corrected chi connectivity index (χ2v) is 5.97. The first-order valence-corrected chi connectivity index (χ1v) is 7.65. The van der Waals surface area contributed by atoms with Crippen molar-refractivity contribution < 1.29 is 4.79 Å². The number of nitrogens with one attached hydrogen (secondary N) is 2. The molecule has 0 heterocycles. The maximum absolute atomic E-state index is 11.6. The Kier molecular flexibility index (Phi) is 5.25. The summed E-state index contributed by atoms with van der Waals surface area (Å²) in [6.45, 7) is 4.38. The lowest BCUT2D eigenvalue weighted by atomic mass is 10.2. The highest BCUT2D eigenvalue weighted by Gasteiger charge is 2.27. The predicted octanol–water partition coefficient (Wildman–Crippen LogP) is 2.13. The van der Waals surface area contributed by atoms with Gasteiger partial charge in [-0.1, -0.05) is 12.1 Å². The van der Waals surface area contributed by atoms with Crippen LogP contribution in [0.15, 0.2) is 29.3 Å². The van der Waals surface area contributed by atoms with Crippen molar-refractivity contribution in [2.24, 2.45) is 10.7 Å². The lowest BCUT2D eigenvalue weighted by molar-refractivity contribution is 0.250. The first-order chi connectivity index (χ1) is 10.5. The summed E-state index contributed by atoms with van der Waals surface area (Å²) in [5, 5.41) is 5.57. The molecular formula is C16H25N5O.